The van der Waals surface area contributed by atoms with E-state index >= 15 is 0 Å². The zero-order valence-electron chi connectivity index (χ0n) is 8.35. The maximum atomic E-state index is 13.4. The molecule has 0 aliphatic heterocycles. The molecule has 0 amide bonds. The lowest BCUT2D eigenvalue weighted by atomic mass is 10.0. The van der Waals surface area contributed by atoms with Gasteiger partial charge < -0.3 is 5.11 Å². The van der Waals surface area contributed by atoms with E-state index in [2.05, 4.69) is 0 Å². The molecule has 0 bridgehead atoms. The van der Waals surface area contributed by atoms with Crippen LogP contribution >= 0.6 is 0 Å². The van der Waals surface area contributed by atoms with Crippen molar-refractivity contribution in [3.05, 3.63) is 53.6 Å². The van der Waals surface area contributed by atoms with Crippen LogP contribution in [0.2, 0.25) is 0 Å². The van der Waals surface area contributed by atoms with Gasteiger partial charge in [-0.15, -0.1) is 0 Å². The lowest BCUT2D eigenvalue weighted by molar-refractivity contribution is 0.469. The molecule has 0 fully saturated rings. The summed E-state index contributed by atoms with van der Waals surface area (Å²) < 4.78 is 52.4. The summed E-state index contributed by atoms with van der Waals surface area (Å²) in [6.45, 7) is 0. The van der Waals surface area contributed by atoms with Crippen molar-refractivity contribution in [2.75, 3.05) is 0 Å². The molecule has 2 aromatic rings. The molecule has 0 unspecified atom stereocenters. The van der Waals surface area contributed by atoms with Gasteiger partial charge in [0, 0.05) is 18.2 Å². The van der Waals surface area contributed by atoms with Crippen LogP contribution in [0.25, 0.3) is 11.1 Å². The molecular weight excluding hydrogens is 236 g/mol. The Bertz CT molecular complexity index is 537. The summed E-state index contributed by atoms with van der Waals surface area (Å²) in [6, 6.07) is 3.60. The number of aromatic hydroxyl groups is 1. The molecule has 0 aliphatic carbocycles. The number of rotatable bonds is 1. The van der Waals surface area contributed by atoms with Gasteiger partial charge in [-0.05, 0) is 17.7 Å². The van der Waals surface area contributed by atoms with Gasteiger partial charge in [-0.1, -0.05) is 0 Å². The maximum absolute atomic E-state index is 13.4. The van der Waals surface area contributed by atoms with Crippen molar-refractivity contribution >= 4 is 0 Å². The first kappa shape index (κ1) is 11.4. The topological polar surface area (TPSA) is 20.2 Å². The Morgan fingerprint density at radius 3 is 1.76 bits per heavy atom. The normalized spacial score (nSPS) is 10.6. The highest BCUT2D eigenvalue weighted by atomic mass is 19.1. The van der Waals surface area contributed by atoms with Crippen molar-refractivity contribution in [1.82, 2.24) is 0 Å². The van der Waals surface area contributed by atoms with Crippen LogP contribution in [0.3, 0.4) is 0 Å². The third-order valence-electron chi connectivity index (χ3n) is 2.18. The molecular formula is C12H6F4O. The lowest BCUT2D eigenvalue weighted by Gasteiger charge is -2.06. The molecule has 5 heteroatoms. The zero-order chi connectivity index (χ0) is 12.6. The highest BCUT2D eigenvalue weighted by Crippen LogP contribution is 2.30. The van der Waals surface area contributed by atoms with E-state index in [0.29, 0.717) is 12.1 Å². The monoisotopic (exact) mass is 242 g/mol. The summed E-state index contributed by atoms with van der Waals surface area (Å²) in [5, 5.41) is 9.13. The molecule has 0 atom stereocenters. The molecule has 1 N–H and O–H groups in total. The Morgan fingerprint density at radius 1 is 0.706 bits per heavy atom. The second-order valence-electron chi connectivity index (χ2n) is 3.44. The highest BCUT2D eigenvalue weighted by molar-refractivity contribution is 5.66. The fourth-order valence-electron chi connectivity index (χ4n) is 1.54. The summed E-state index contributed by atoms with van der Waals surface area (Å²) >= 11 is 0. The van der Waals surface area contributed by atoms with E-state index in [1.807, 2.05) is 0 Å². The van der Waals surface area contributed by atoms with Gasteiger partial charge in [0.15, 0.2) is 0 Å². The fourth-order valence-corrected chi connectivity index (χ4v) is 1.54. The van der Waals surface area contributed by atoms with Gasteiger partial charge in [-0.25, -0.2) is 17.6 Å². The van der Waals surface area contributed by atoms with Crippen molar-refractivity contribution < 1.29 is 22.7 Å². The van der Waals surface area contributed by atoms with Gasteiger partial charge in [0.1, 0.15) is 29.0 Å². The zero-order valence-corrected chi connectivity index (χ0v) is 8.35. The molecule has 0 heterocycles. The predicted octanol–water partition coefficient (Wildman–Crippen LogP) is 3.62. The quantitative estimate of drug-likeness (QED) is 0.757. The molecule has 2 rings (SSSR count). The molecule has 0 radical (unpaired) electrons. The van der Waals surface area contributed by atoms with Crippen molar-refractivity contribution in [2.24, 2.45) is 0 Å². The third-order valence-corrected chi connectivity index (χ3v) is 2.18. The minimum absolute atomic E-state index is 0.197. The first-order valence-electron chi connectivity index (χ1n) is 4.62. The van der Waals surface area contributed by atoms with E-state index in [9.17, 15) is 17.6 Å². The molecule has 1 nitrogen and oxygen atoms in total. The SMILES string of the molecule is Oc1cc(F)cc(-c2c(F)cc(F)cc2F)c1. The summed E-state index contributed by atoms with van der Waals surface area (Å²) in [5.41, 5.74) is -0.779. The van der Waals surface area contributed by atoms with E-state index < -0.39 is 34.6 Å². The molecule has 0 aromatic heterocycles. The molecule has 0 saturated heterocycles. The largest absolute Gasteiger partial charge is 0.508 e. The number of benzene rings is 2. The van der Waals surface area contributed by atoms with Gasteiger partial charge in [0.05, 0.1) is 5.56 Å². The van der Waals surface area contributed by atoms with E-state index in [1.54, 1.807) is 0 Å². The van der Waals surface area contributed by atoms with Crippen molar-refractivity contribution in [2.45, 2.75) is 0 Å². The van der Waals surface area contributed by atoms with Crippen LogP contribution in [0.15, 0.2) is 30.3 Å². The van der Waals surface area contributed by atoms with Crippen LogP contribution in [0.1, 0.15) is 0 Å². The smallest absolute Gasteiger partial charge is 0.136 e. The Labute approximate surface area is 93.9 Å². The van der Waals surface area contributed by atoms with Gasteiger partial charge >= 0.3 is 0 Å². The molecule has 0 aliphatic rings. The second kappa shape index (κ2) is 4.08. The number of phenolic OH excluding ortho intramolecular Hbond substituents is 1. The minimum atomic E-state index is -1.16. The van der Waals surface area contributed by atoms with Crippen molar-refractivity contribution in [3.63, 3.8) is 0 Å². The summed E-state index contributed by atoms with van der Waals surface area (Å²) in [6.07, 6.45) is 0. The Balaban J connectivity index is 2.68. The standard InChI is InChI=1S/C12H6F4O/c13-7-1-6(2-9(17)3-7)12-10(15)4-8(14)5-11(12)16/h1-5,17H. The Morgan fingerprint density at radius 2 is 1.24 bits per heavy atom. The van der Waals surface area contributed by atoms with Crippen LogP contribution in [0, 0.1) is 23.3 Å². The van der Waals surface area contributed by atoms with Gasteiger partial charge in [0.25, 0.3) is 0 Å². The Hall–Kier alpha value is -2.04. The number of phenols is 1. The highest BCUT2D eigenvalue weighted by Gasteiger charge is 2.14. The second-order valence-corrected chi connectivity index (χ2v) is 3.44. The fraction of sp³-hybridized carbons (Fsp3) is 0. The number of halogens is 4. The predicted molar refractivity (Wildman–Crippen MR) is 53.4 cm³/mol. The molecule has 2 aromatic carbocycles. The first-order chi connectivity index (χ1) is 7.97. The van der Waals surface area contributed by atoms with E-state index in [0.717, 1.165) is 18.2 Å². The van der Waals surface area contributed by atoms with Crippen LogP contribution < -0.4 is 0 Å². The van der Waals surface area contributed by atoms with Crippen LogP contribution in [0.5, 0.6) is 5.75 Å². The molecule has 0 spiro atoms. The van der Waals surface area contributed by atoms with Crippen LogP contribution in [-0.2, 0) is 0 Å². The van der Waals surface area contributed by atoms with Gasteiger partial charge in [0.2, 0.25) is 0 Å². The summed E-state index contributed by atoms with van der Waals surface area (Å²) in [7, 11) is 0. The minimum Gasteiger partial charge on any atom is -0.508 e. The average molecular weight is 242 g/mol. The average Bonchev–Trinajstić information content (AvgIpc) is 2.13. The third kappa shape index (κ3) is 2.22. The summed E-state index contributed by atoms with van der Waals surface area (Å²) in [5.74, 6) is -4.70. The number of hydrogen-bond donors (Lipinski definition) is 1. The van der Waals surface area contributed by atoms with Crippen LogP contribution in [0.4, 0.5) is 17.6 Å². The van der Waals surface area contributed by atoms with Gasteiger partial charge in [-0.3, -0.25) is 0 Å². The number of hydrogen-bond acceptors (Lipinski definition) is 1. The molecule has 0 saturated carbocycles. The van der Waals surface area contributed by atoms with E-state index in [1.165, 1.54) is 0 Å². The molecule has 17 heavy (non-hydrogen) atoms. The maximum Gasteiger partial charge on any atom is 0.136 e. The van der Waals surface area contributed by atoms with E-state index in [4.69, 9.17) is 5.11 Å². The Kier molecular flexibility index (Phi) is 2.75. The van der Waals surface area contributed by atoms with Crippen molar-refractivity contribution in [1.29, 1.82) is 0 Å². The summed E-state index contributed by atoms with van der Waals surface area (Å²) in [4.78, 5) is 0. The van der Waals surface area contributed by atoms with E-state index in [-0.39, 0.29) is 5.56 Å². The lowest BCUT2D eigenvalue weighted by Crippen LogP contribution is -1.93. The van der Waals surface area contributed by atoms with Gasteiger partial charge in [-0.2, -0.15) is 0 Å². The first-order valence-corrected chi connectivity index (χ1v) is 4.62. The van der Waals surface area contributed by atoms with Crippen molar-refractivity contribution in [3.8, 4) is 16.9 Å². The van der Waals surface area contributed by atoms with Crippen LogP contribution in [-0.4, -0.2) is 5.11 Å². The molecule has 88 valence electrons.